The first-order valence-electron chi connectivity index (χ1n) is 13.8. The second kappa shape index (κ2) is 17.4. The smallest absolute Gasteiger partial charge is 0.480 e. The van der Waals surface area contributed by atoms with Crippen molar-refractivity contribution in [2.24, 2.45) is 23.5 Å². The first-order chi connectivity index (χ1) is 18.8. The van der Waals surface area contributed by atoms with Crippen LogP contribution in [-0.4, -0.2) is 54.7 Å². The van der Waals surface area contributed by atoms with Crippen LogP contribution in [0.4, 0.5) is 9.59 Å². The van der Waals surface area contributed by atoms with Crippen LogP contribution in [0.15, 0.2) is 18.2 Å². The van der Waals surface area contributed by atoms with E-state index >= 15 is 0 Å². The lowest BCUT2D eigenvalue weighted by molar-refractivity contribution is -0.151. The summed E-state index contributed by atoms with van der Waals surface area (Å²) in [5.41, 5.74) is 6.47. The van der Waals surface area contributed by atoms with E-state index in [4.69, 9.17) is 29.4 Å². The number of unbranched alkanes of at least 4 members (excludes halogenated alkanes) is 2. The van der Waals surface area contributed by atoms with E-state index in [0.29, 0.717) is 12.0 Å². The topological polar surface area (TPSA) is 161 Å². The zero-order valence-corrected chi connectivity index (χ0v) is 24.6. The average Bonchev–Trinajstić information content (AvgIpc) is 2.87. The Morgan fingerprint density at radius 2 is 1.40 bits per heavy atom. The average molecular weight is 568 g/mol. The Bertz CT molecular complexity index is 978. The number of carbonyl (C=O) groups excluding carboxylic acids is 3. The third kappa shape index (κ3) is 12.2. The number of carboxylic acid groups (broad SMARTS) is 1. The number of aliphatic carboxylic acids is 1. The molecule has 1 aromatic rings. The molecule has 0 fully saturated rings. The lowest BCUT2D eigenvalue weighted by atomic mass is 9.79. The zero-order valence-electron chi connectivity index (χ0n) is 24.6. The standard InChI is InChI=1S/C29H45NO10/c1-8-9-10-11-24(31)38-20(7)19(6)25(26(30)27(32)33)21-12-13-22(39-28(34)36-15-17(2)3)23(14-21)40-29(35)37-16-18(4)5/h12-14,17-20,25-26H,8-11,15-16,30H2,1-7H3,(H,32,33)/t19?,20?,25?,26-/m0/s1. The molecule has 0 radical (unpaired) electrons. The Kier molecular flexibility index (Phi) is 15.1. The van der Waals surface area contributed by atoms with Crippen molar-refractivity contribution in [3.05, 3.63) is 23.8 Å². The Morgan fingerprint density at radius 3 is 1.90 bits per heavy atom. The quantitative estimate of drug-likeness (QED) is 0.109. The summed E-state index contributed by atoms with van der Waals surface area (Å²) in [5, 5.41) is 9.76. The summed E-state index contributed by atoms with van der Waals surface area (Å²) in [4.78, 5) is 48.9. The normalized spacial score (nSPS) is 14.2. The van der Waals surface area contributed by atoms with Crippen LogP contribution in [0.25, 0.3) is 0 Å². The predicted molar refractivity (Wildman–Crippen MR) is 147 cm³/mol. The number of rotatable bonds is 16. The largest absolute Gasteiger partial charge is 0.513 e. The van der Waals surface area contributed by atoms with Gasteiger partial charge in [-0.2, -0.15) is 0 Å². The molecule has 11 nitrogen and oxygen atoms in total. The van der Waals surface area contributed by atoms with E-state index in [2.05, 4.69) is 0 Å². The Hall–Kier alpha value is -3.34. The lowest BCUT2D eigenvalue weighted by Crippen LogP contribution is -2.42. The van der Waals surface area contributed by atoms with Crippen LogP contribution >= 0.6 is 0 Å². The molecule has 40 heavy (non-hydrogen) atoms. The number of hydrogen-bond acceptors (Lipinski definition) is 10. The van der Waals surface area contributed by atoms with Crippen molar-refractivity contribution in [1.29, 1.82) is 0 Å². The van der Waals surface area contributed by atoms with E-state index in [-0.39, 0.29) is 48.9 Å². The number of esters is 1. The first kappa shape index (κ1) is 34.7. The van der Waals surface area contributed by atoms with E-state index in [0.717, 1.165) is 12.8 Å². The third-order valence-electron chi connectivity index (χ3n) is 6.09. The molecule has 0 aliphatic carbocycles. The Labute approximate surface area is 236 Å². The van der Waals surface area contributed by atoms with Gasteiger partial charge in [0.15, 0.2) is 11.5 Å². The SMILES string of the molecule is CCCCCC(=O)OC(C)C(C)C(c1ccc(OC(=O)OCC(C)C)c(OC(=O)OCC(C)C)c1)[C@H](N)C(=O)O. The molecule has 1 rings (SSSR count). The molecule has 1 aromatic carbocycles. The van der Waals surface area contributed by atoms with Crippen LogP contribution in [0.5, 0.6) is 11.5 Å². The molecule has 0 spiro atoms. The van der Waals surface area contributed by atoms with Gasteiger partial charge in [-0.3, -0.25) is 9.59 Å². The molecule has 0 aliphatic heterocycles. The molecule has 0 heterocycles. The van der Waals surface area contributed by atoms with Gasteiger partial charge in [0.25, 0.3) is 0 Å². The highest BCUT2D eigenvalue weighted by Gasteiger charge is 2.36. The molecule has 11 heteroatoms. The zero-order chi connectivity index (χ0) is 30.4. The second-order valence-corrected chi connectivity index (χ2v) is 10.7. The summed E-state index contributed by atoms with van der Waals surface area (Å²) in [6.07, 6.45) is 0.100. The second-order valence-electron chi connectivity index (χ2n) is 10.7. The summed E-state index contributed by atoms with van der Waals surface area (Å²) >= 11 is 0. The highest BCUT2D eigenvalue weighted by Crippen LogP contribution is 2.37. The minimum absolute atomic E-state index is 0.0468. The van der Waals surface area contributed by atoms with Gasteiger partial charge < -0.3 is 34.5 Å². The molecule has 226 valence electrons. The number of hydrogen-bond donors (Lipinski definition) is 2. The van der Waals surface area contributed by atoms with Gasteiger partial charge in [0.2, 0.25) is 0 Å². The van der Waals surface area contributed by atoms with Gasteiger partial charge in [0.1, 0.15) is 12.1 Å². The molecular weight excluding hydrogens is 522 g/mol. The molecule has 0 saturated heterocycles. The van der Waals surface area contributed by atoms with Crippen LogP contribution in [-0.2, 0) is 23.8 Å². The van der Waals surface area contributed by atoms with Gasteiger partial charge in [-0.05, 0) is 42.9 Å². The minimum atomic E-state index is -1.39. The summed E-state index contributed by atoms with van der Waals surface area (Å²) < 4.78 is 26.3. The molecular formula is C29H45NO10. The van der Waals surface area contributed by atoms with Gasteiger partial charge >= 0.3 is 24.2 Å². The lowest BCUT2D eigenvalue weighted by Gasteiger charge is -2.32. The van der Waals surface area contributed by atoms with Crippen molar-refractivity contribution in [2.45, 2.75) is 92.2 Å². The molecule has 3 N–H and O–H groups in total. The minimum Gasteiger partial charge on any atom is -0.480 e. The van der Waals surface area contributed by atoms with Crippen LogP contribution < -0.4 is 15.2 Å². The number of carboxylic acids is 1. The number of nitrogens with two attached hydrogens (primary N) is 1. The maximum absolute atomic E-state index is 12.4. The van der Waals surface area contributed by atoms with E-state index in [1.807, 2.05) is 34.6 Å². The van der Waals surface area contributed by atoms with Crippen molar-refractivity contribution in [2.75, 3.05) is 13.2 Å². The molecule has 4 atom stereocenters. The molecule has 0 aromatic heterocycles. The third-order valence-corrected chi connectivity index (χ3v) is 6.09. The van der Waals surface area contributed by atoms with Crippen molar-refractivity contribution >= 4 is 24.2 Å². The predicted octanol–water partition coefficient (Wildman–Crippen LogP) is 5.67. The molecule has 0 amide bonds. The number of carbonyl (C=O) groups is 4. The summed E-state index contributed by atoms with van der Waals surface area (Å²) in [5.74, 6) is -3.27. The van der Waals surface area contributed by atoms with Gasteiger partial charge in [0.05, 0.1) is 13.2 Å². The summed E-state index contributed by atoms with van der Waals surface area (Å²) in [6.45, 7) is 13.1. The van der Waals surface area contributed by atoms with Crippen LogP contribution in [0.1, 0.15) is 85.6 Å². The fourth-order valence-electron chi connectivity index (χ4n) is 3.78. The monoisotopic (exact) mass is 567 g/mol. The van der Waals surface area contributed by atoms with Crippen LogP contribution in [0.3, 0.4) is 0 Å². The van der Waals surface area contributed by atoms with Gasteiger partial charge in [-0.15, -0.1) is 0 Å². The fourth-order valence-corrected chi connectivity index (χ4v) is 3.78. The van der Waals surface area contributed by atoms with E-state index in [9.17, 15) is 24.3 Å². The Balaban J connectivity index is 3.35. The van der Waals surface area contributed by atoms with Crippen LogP contribution in [0.2, 0.25) is 0 Å². The number of benzene rings is 1. The maximum atomic E-state index is 12.4. The van der Waals surface area contributed by atoms with Crippen molar-refractivity contribution < 1.29 is 48.0 Å². The first-order valence-corrected chi connectivity index (χ1v) is 13.8. The molecule has 0 bridgehead atoms. The summed E-state index contributed by atoms with van der Waals surface area (Å²) in [6, 6.07) is 2.84. The molecule has 0 saturated carbocycles. The number of ether oxygens (including phenoxy) is 5. The van der Waals surface area contributed by atoms with Crippen LogP contribution in [0, 0.1) is 17.8 Å². The van der Waals surface area contributed by atoms with Crippen molar-refractivity contribution in [1.82, 2.24) is 0 Å². The van der Waals surface area contributed by atoms with Crippen molar-refractivity contribution in [3.63, 3.8) is 0 Å². The van der Waals surface area contributed by atoms with Crippen molar-refractivity contribution in [3.8, 4) is 11.5 Å². The summed E-state index contributed by atoms with van der Waals surface area (Å²) in [7, 11) is 0. The highest BCUT2D eigenvalue weighted by atomic mass is 16.7. The van der Waals surface area contributed by atoms with E-state index < -0.39 is 42.3 Å². The molecule has 0 aliphatic rings. The van der Waals surface area contributed by atoms with Gasteiger partial charge in [-0.25, -0.2) is 9.59 Å². The maximum Gasteiger partial charge on any atom is 0.513 e. The van der Waals surface area contributed by atoms with Gasteiger partial charge in [-0.1, -0.05) is 60.5 Å². The van der Waals surface area contributed by atoms with E-state index in [1.165, 1.54) is 18.2 Å². The highest BCUT2D eigenvalue weighted by molar-refractivity contribution is 5.75. The van der Waals surface area contributed by atoms with E-state index in [1.54, 1.807) is 13.8 Å². The molecule has 3 unspecified atom stereocenters. The van der Waals surface area contributed by atoms with Gasteiger partial charge in [0, 0.05) is 18.3 Å². The fraction of sp³-hybridized carbons (Fsp3) is 0.655. The Morgan fingerprint density at radius 1 is 0.850 bits per heavy atom.